The number of methoxy groups -OCH3 is 1. The van der Waals surface area contributed by atoms with Gasteiger partial charge in [0.15, 0.2) is 0 Å². The zero-order chi connectivity index (χ0) is 14.5. The second kappa shape index (κ2) is 7.01. The fourth-order valence-corrected chi connectivity index (χ4v) is 2.45. The van der Waals surface area contributed by atoms with Gasteiger partial charge in [-0.2, -0.15) is 13.1 Å². The molecule has 0 saturated carbocycles. The molecule has 0 heterocycles. The summed E-state index contributed by atoms with van der Waals surface area (Å²) in [7, 11) is -2.24. The van der Waals surface area contributed by atoms with Gasteiger partial charge in [-0.05, 0) is 12.1 Å². The lowest BCUT2D eigenvalue weighted by atomic mass is 10.2. The van der Waals surface area contributed by atoms with Crippen LogP contribution in [0.1, 0.15) is 5.56 Å². The van der Waals surface area contributed by atoms with E-state index in [1.54, 1.807) is 6.07 Å². The zero-order valence-corrected chi connectivity index (χ0v) is 12.5. The molecule has 19 heavy (non-hydrogen) atoms. The first-order valence-electron chi connectivity index (χ1n) is 5.21. The van der Waals surface area contributed by atoms with E-state index in [1.165, 1.54) is 19.2 Å². The molecule has 0 aliphatic rings. The Labute approximate surface area is 122 Å². The Morgan fingerprint density at radius 2 is 2.21 bits per heavy atom. The van der Waals surface area contributed by atoms with Gasteiger partial charge in [-0.15, -0.1) is 0 Å². The van der Waals surface area contributed by atoms with Gasteiger partial charge >= 0.3 is 0 Å². The molecule has 0 atom stereocenters. The lowest BCUT2D eigenvalue weighted by Crippen LogP contribution is -2.32. The summed E-state index contributed by atoms with van der Waals surface area (Å²) < 4.78 is 32.8. The van der Waals surface area contributed by atoms with Crippen LogP contribution in [0.25, 0.3) is 0 Å². The van der Waals surface area contributed by atoms with Gasteiger partial charge in [-0.25, -0.2) is 0 Å². The molecule has 0 aliphatic heterocycles. The van der Waals surface area contributed by atoms with Crippen molar-refractivity contribution in [3.8, 4) is 0 Å². The van der Waals surface area contributed by atoms with Crippen molar-refractivity contribution in [2.45, 2.75) is 0 Å². The fraction of sp³-hybridized carbons (Fsp3) is 0.300. The lowest BCUT2D eigenvalue weighted by Gasteiger charge is -2.11. The van der Waals surface area contributed by atoms with Crippen molar-refractivity contribution in [1.82, 2.24) is 4.72 Å². The molecule has 9 heteroatoms. The predicted octanol–water partition coefficient (Wildman–Crippen LogP) is 0.867. The number of benzene rings is 1. The number of thiocarbonyl (C=S) groups is 1. The van der Waals surface area contributed by atoms with Gasteiger partial charge < -0.3 is 10.5 Å². The molecule has 106 valence electrons. The van der Waals surface area contributed by atoms with E-state index in [1.807, 2.05) is 0 Å². The van der Waals surface area contributed by atoms with E-state index in [2.05, 4.69) is 9.44 Å². The molecule has 1 rings (SSSR count). The largest absolute Gasteiger partial charge is 0.389 e. The Bertz CT molecular complexity index is 563. The van der Waals surface area contributed by atoms with E-state index in [-0.39, 0.29) is 28.9 Å². The highest BCUT2D eigenvalue weighted by atomic mass is 35.5. The third-order valence-corrected chi connectivity index (χ3v) is 3.73. The maximum absolute atomic E-state index is 11.7. The van der Waals surface area contributed by atoms with Crippen LogP contribution in [-0.4, -0.2) is 33.7 Å². The minimum absolute atomic E-state index is 0.151. The van der Waals surface area contributed by atoms with E-state index >= 15 is 0 Å². The highest BCUT2D eigenvalue weighted by molar-refractivity contribution is 7.90. The first-order chi connectivity index (χ1) is 8.85. The van der Waals surface area contributed by atoms with E-state index in [9.17, 15) is 8.42 Å². The maximum atomic E-state index is 11.7. The van der Waals surface area contributed by atoms with E-state index in [4.69, 9.17) is 34.3 Å². The molecule has 0 aliphatic carbocycles. The molecule has 0 bridgehead atoms. The highest BCUT2D eigenvalue weighted by Crippen LogP contribution is 2.23. The molecule has 1 aromatic rings. The van der Waals surface area contributed by atoms with Gasteiger partial charge in [-0.1, -0.05) is 29.9 Å². The van der Waals surface area contributed by atoms with Crippen LogP contribution in [0, 0.1) is 0 Å². The smallest absolute Gasteiger partial charge is 0.299 e. The molecule has 1 aromatic carbocycles. The third kappa shape index (κ3) is 5.29. The predicted molar refractivity (Wildman–Crippen MR) is 79.8 cm³/mol. The summed E-state index contributed by atoms with van der Waals surface area (Å²) in [6, 6.07) is 4.60. The van der Waals surface area contributed by atoms with Crippen molar-refractivity contribution in [3.63, 3.8) is 0 Å². The molecule has 0 radical (unpaired) electrons. The summed E-state index contributed by atoms with van der Waals surface area (Å²) in [5.74, 6) is 0. The quantitative estimate of drug-likeness (QED) is 0.511. The molecule has 0 fully saturated rings. The van der Waals surface area contributed by atoms with E-state index in [0.717, 1.165) is 0 Å². The van der Waals surface area contributed by atoms with Crippen LogP contribution < -0.4 is 15.2 Å². The number of nitrogens with two attached hydrogens (primary N) is 1. The van der Waals surface area contributed by atoms with E-state index < -0.39 is 10.2 Å². The zero-order valence-electron chi connectivity index (χ0n) is 10.1. The first-order valence-corrected chi connectivity index (χ1v) is 7.48. The number of ether oxygens (including phenoxy) is 1. The molecule has 0 spiro atoms. The van der Waals surface area contributed by atoms with Crippen molar-refractivity contribution < 1.29 is 13.2 Å². The van der Waals surface area contributed by atoms with Crippen molar-refractivity contribution in [3.05, 3.63) is 28.8 Å². The van der Waals surface area contributed by atoms with Gasteiger partial charge in [0.2, 0.25) is 0 Å². The number of halogens is 1. The van der Waals surface area contributed by atoms with Crippen LogP contribution in [0.15, 0.2) is 18.2 Å². The molecule has 4 N–H and O–H groups in total. The normalized spacial score (nSPS) is 11.3. The Morgan fingerprint density at radius 3 is 2.79 bits per heavy atom. The van der Waals surface area contributed by atoms with Crippen LogP contribution in [0.2, 0.25) is 5.02 Å². The van der Waals surface area contributed by atoms with Gasteiger partial charge in [-0.3, -0.25) is 4.72 Å². The van der Waals surface area contributed by atoms with Crippen LogP contribution in [0.4, 0.5) is 5.69 Å². The Kier molecular flexibility index (Phi) is 5.95. The van der Waals surface area contributed by atoms with Crippen LogP contribution in [0.3, 0.4) is 0 Å². The monoisotopic (exact) mass is 323 g/mol. The average Bonchev–Trinajstić information content (AvgIpc) is 2.31. The summed E-state index contributed by atoms with van der Waals surface area (Å²) in [4.78, 5) is 0.157. The number of hydrogen-bond acceptors (Lipinski definition) is 4. The SMILES string of the molecule is COCCNS(=O)(=O)Nc1cc(C(N)=S)ccc1Cl. The van der Waals surface area contributed by atoms with Crippen molar-refractivity contribution in [1.29, 1.82) is 0 Å². The maximum Gasteiger partial charge on any atom is 0.299 e. The highest BCUT2D eigenvalue weighted by Gasteiger charge is 2.12. The summed E-state index contributed by atoms with van der Waals surface area (Å²) in [5, 5.41) is 0.247. The molecular formula is C10H14ClN3O3S2. The summed E-state index contributed by atoms with van der Waals surface area (Å²) in [5.41, 5.74) is 6.20. The second-order valence-electron chi connectivity index (χ2n) is 3.55. The number of nitrogens with one attached hydrogen (secondary N) is 2. The standard InChI is InChI=1S/C10H14ClN3O3S2/c1-17-5-4-13-19(15,16)14-9-6-7(10(12)18)2-3-8(9)11/h2-3,6,13-14H,4-5H2,1H3,(H2,12,18). The Balaban J connectivity index is 2.86. The van der Waals surface area contributed by atoms with Crippen LogP contribution in [-0.2, 0) is 14.9 Å². The van der Waals surface area contributed by atoms with Gasteiger partial charge in [0.25, 0.3) is 10.2 Å². The van der Waals surface area contributed by atoms with Gasteiger partial charge in [0.05, 0.1) is 17.3 Å². The number of hydrogen-bond donors (Lipinski definition) is 3. The molecule has 0 aromatic heterocycles. The molecule has 0 amide bonds. The Morgan fingerprint density at radius 1 is 1.53 bits per heavy atom. The average molecular weight is 324 g/mol. The van der Waals surface area contributed by atoms with E-state index in [0.29, 0.717) is 5.56 Å². The van der Waals surface area contributed by atoms with Crippen molar-refractivity contribution >= 4 is 44.7 Å². The lowest BCUT2D eigenvalue weighted by molar-refractivity contribution is 0.204. The molecule has 0 unspecified atom stereocenters. The third-order valence-electron chi connectivity index (χ3n) is 2.09. The van der Waals surface area contributed by atoms with Crippen molar-refractivity contribution in [2.24, 2.45) is 5.73 Å². The van der Waals surface area contributed by atoms with Crippen molar-refractivity contribution in [2.75, 3.05) is 25.0 Å². The van der Waals surface area contributed by atoms with Gasteiger partial charge in [0, 0.05) is 19.2 Å². The Hall–Kier alpha value is -0.930. The second-order valence-corrected chi connectivity index (χ2v) is 5.90. The number of rotatable bonds is 7. The molecular weight excluding hydrogens is 310 g/mol. The number of anilines is 1. The molecule has 6 nitrogen and oxygen atoms in total. The van der Waals surface area contributed by atoms with Crippen LogP contribution >= 0.6 is 23.8 Å². The topological polar surface area (TPSA) is 93.4 Å². The van der Waals surface area contributed by atoms with Crippen LogP contribution in [0.5, 0.6) is 0 Å². The summed E-state index contributed by atoms with van der Waals surface area (Å²) >= 11 is 10.7. The minimum Gasteiger partial charge on any atom is -0.389 e. The van der Waals surface area contributed by atoms with Gasteiger partial charge in [0.1, 0.15) is 4.99 Å². The summed E-state index contributed by atoms with van der Waals surface area (Å²) in [6.45, 7) is 0.417. The molecule has 0 saturated heterocycles. The minimum atomic E-state index is -3.72. The summed E-state index contributed by atoms with van der Waals surface area (Å²) in [6.07, 6.45) is 0. The first kappa shape index (κ1) is 16.1. The fourth-order valence-electron chi connectivity index (χ4n) is 1.22.